The number of carbonyl (C=O) groups is 3. The zero-order valence-electron chi connectivity index (χ0n) is 17.1. The molecule has 0 radical (unpaired) electrons. The quantitative estimate of drug-likeness (QED) is 0.708. The molecule has 0 saturated carbocycles. The molecule has 2 aromatic rings. The minimum Gasteiger partial charge on any atom is -0.497 e. The Morgan fingerprint density at radius 1 is 1.10 bits per heavy atom. The number of ether oxygens (including phenoxy) is 1. The summed E-state index contributed by atoms with van der Waals surface area (Å²) in [6.45, 7) is 3.46. The summed E-state index contributed by atoms with van der Waals surface area (Å²) in [5.74, 6) is -0.701. The highest BCUT2D eigenvalue weighted by Gasteiger charge is 2.51. The third kappa shape index (κ3) is 3.72. The lowest BCUT2D eigenvalue weighted by Gasteiger charge is -2.27. The number of anilines is 1. The smallest absolute Gasteiger partial charge is 0.325 e. The van der Waals surface area contributed by atoms with Gasteiger partial charge in [0.2, 0.25) is 5.91 Å². The van der Waals surface area contributed by atoms with Crippen molar-refractivity contribution in [1.82, 2.24) is 10.2 Å². The van der Waals surface area contributed by atoms with Gasteiger partial charge < -0.3 is 15.0 Å². The second kappa shape index (κ2) is 8.52. The molecule has 0 bridgehead atoms. The zero-order chi connectivity index (χ0) is 21.9. The molecule has 1 heterocycles. The van der Waals surface area contributed by atoms with E-state index < -0.39 is 35.7 Å². The number of carbonyl (C=O) groups excluding carboxylic acids is 3. The number of amides is 4. The number of hydrogen-bond donors (Lipinski definition) is 1. The standard InChI is InChI=1S/C22H24FN3O4/c1-4-22(15-6-12-18(30-3)13-7-15)20(28)26(21(29)24-22)14-19(27)25(5-2)17-10-8-16(23)9-11-17/h6-13H,4-5,14H2,1-3H3,(H,24,29)/t22-/m1/s1. The van der Waals surface area contributed by atoms with Gasteiger partial charge in [0, 0.05) is 12.2 Å². The monoisotopic (exact) mass is 413 g/mol. The van der Waals surface area contributed by atoms with Gasteiger partial charge in [0.15, 0.2) is 0 Å². The molecule has 0 aliphatic carbocycles. The summed E-state index contributed by atoms with van der Waals surface area (Å²) >= 11 is 0. The highest BCUT2D eigenvalue weighted by molar-refractivity contribution is 6.10. The number of rotatable bonds is 7. The first-order chi connectivity index (χ1) is 14.4. The van der Waals surface area contributed by atoms with Crippen molar-refractivity contribution in [1.29, 1.82) is 0 Å². The minimum atomic E-state index is -1.24. The van der Waals surface area contributed by atoms with Crippen LogP contribution in [0.3, 0.4) is 0 Å². The van der Waals surface area contributed by atoms with Crippen molar-refractivity contribution < 1.29 is 23.5 Å². The summed E-state index contributed by atoms with van der Waals surface area (Å²) < 4.78 is 18.4. The van der Waals surface area contributed by atoms with E-state index >= 15 is 0 Å². The van der Waals surface area contributed by atoms with Crippen LogP contribution in [0.25, 0.3) is 0 Å². The average Bonchev–Trinajstić information content (AvgIpc) is 3.00. The van der Waals surface area contributed by atoms with E-state index in [1.165, 1.54) is 29.2 Å². The molecule has 8 heteroatoms. The van der Waals surface area contributed by atoms with Crippen LogP contribution >= 0.6 is 0 Å². The molecule has 2 aromatic carbocycles. The SMILES string of the molecule is CCN(C(=O)CN1C(=O)N[C@](CC)(c2ccc(OC)cc2)C1=O)c1ccc(F)cc1. The Kier molecular flexibility index (Phi) is 6.05. The molecule has 4 amide bonds. The van der Waals surface area contributed by atoms with E-state index in [-0.39, 0.29) is 0 Å². The van der Waals surface area contributed by atoms with Crippen molar-refractivity contribution in [2.45, 2.75) is 25.8 Å². The molecule has 7 nitrogen and oxygen atoms in total. The number of likely N-dealkylation sites (N-methyl/N-ethyl adjacent to an activating group) is 1. The summed E-state index contributed by atoms with van der Waals surface area (Å²) in [6, 6.07) is 11.7. The number of imide groups is 1. The maximum absolute atomic E-state index is 13.2. The van der Waals surface area contributed by atoms with Crippen LogP contribution in [0.4, 0.5) is 14.9 Å². The molecule has 1 saturated heterocycles. The third-order valence-corrected chi connectivity index (χ3v) is 5.34. The Labute approximate surface area is 174 Å². The molecule has 0 spiro atoms. The summed E-state index contributed by atoms with van der Waals surface area (Å²) in [5.41, 5.74) is -0.130. The van der Waals surface area contributed by atoms with Gasteiger partial charge in [-0.2, -0.15) is 0 Å². The number of hydrogen-bond acceptors (Lipinski definition) is 4. The van der Waals surface area contributed by atoms with Crippen molar-refractivity contribution in [2.75, 3.05) is 25.1 Å². The first kappa shape index (κ1) is 21.3. The number of methoxy groups -OCH3 is 1. The van der Waals surface area contributed by atoms with Crippen LogP contribution in [0.2, 0.25) is 0 Å². The predicted octanol–water partition coefficient (Wildman–Crippen LogP) is 3.04. The molecular formula is C22H24FN3O4. The number of halogens is 1. The van der Waals surface area contributed by atoms with E-state index in [0.717, 1.165) is 4.90 Å². The van der Waals surface area contributed by atoms with Crippen LogP contribution in [0.1, 0.15) is 25.8 Å². The predicted molar refractivity (Wildman–Crippen MR) is 110 cm³/mol. The summed E-state index contributed by atoms with van der Waals surface area (Å²) in [4.78, 5) is 41.1. The van der Waals surface area contributed by atoms with Gasteiger partial charge in [-0.25, -0.2) is 9.18 Å². The lowest BCUT2D eigenvalue weighted by Crippen LogP contribution is -2.45. The van der Waals surface area contributed by atoms with Gasteiger partial charge in [-0.1, -0.05) is 19.1 Å². The molecule has 3 rings (SSSR count). The Morgan fingerprint density at radius 3 is 2.27 bits per heavy atom. The summed E-state index contributed by atoms with van der Waals surface area (Å²) in [6.07, 6.45) is 0.323. The van der Waals surface area contributed by atoms with Crippen molar-refractivity contribution in [3.63, 3.8) is 0 Å². The highest BCUT2D eigenvalue weighted by Crippen LogP contribution is 2.33. The Hall–Kier alpha value is -3.42. The first-order valence-corrected chi connectivity index (χ1v) is 9.70. The fourth-order valence-electron chi connectivity index (χ4n) is 3.63. The maximum atomic E-state index is 13.2. The Bertz CT molecular complexity index is 946. The second-order valence-corrected chi connectivity index (χ2v) is 6.92. The number of nitrogens with zero attached hydrogens (tertiary/aromatic N) is 2. The topological polar surface area (TPSA) is 79.0 Å². The first-order valence-electron chi connectivity index (χ1n) is 9.70. The second-order valence-electron chi connectivity index (χ2n) is 6.92. The van der Waals surface area contributed by atoms with Crippen LogP contribution in [-0.2, 0) is 15.1 Å². The molecule has 1 aliphatic heterocycles. The molecule has 0 unspecified atom stereocenters. The molecule has 1 aliphatic rings. The fourth-order valence-corrected chi connectivity index (χ4v) is 3.63. The van der Waals surface area contributed by atoms with Gasteiger partial charge in [-0.15, -0.1) is 0 Å². The van der Waals surface area contributed by atoms with Crippen LogP contribution in [0.15, 0.2) is 48.5 Å². The van der Waals surface area contributed by atoms with E-state index in [2.05, 4.69) is 5.32 Å². The zero-order valence-corrected chi connectivity index (χ0v) is 17.1. The number of nitrogens with one attached hydrogen (secondary N) is 1. The van der Waals surface area contributed by atoms with E-state index in [0.29, 0.717) is 30.0 Å². The van der Waals surface area contributed by atoms with Crippen molar-refractivity contribution in [3.05, 3.63) is 59.9 Å². The lowest BCUT2D eigenvalue weighted by molar-refractivity contribution is -0.134. The van der Waals surface area contributed by atoms with Crippen molar-refractivity contribution >= 4 is 23.5 Å². The maximum Gasteiger partial charge on any atom is 0.325 e. The van der Waals surface area contributed by atoms with Crippen LogP contribution in [0, 0.1) is 5.82 Å². The molecular weight excluding hydrogens is 389 g/mol. The molecule has 1 N–H and O–H groups in total. The van der Waals surface area contributed by atoms with Crippen LogP contribution in [0.5, 0.6) is 5.75 Å². The van der Waals surface area contributed by atoms with Crippen LogP contribution < -0.4 is 15.0 Å². The van der Waals surface area contributed by atoms with Gasteiger partial charge in [0.05, 0.1) is 7.11 Å². The average molecular weight is 413 g/mol. The van der Waals surface area contributed by atoms with E-state index in [1.54, 1.807) is 45.2 Å². The summed E-state index contributed by atoms with van der Waals surface area (Å²) in [7, 11) is 1.54. The Morgan fingerprint density at radius 2 is 1.73 bits per heavy atom. The highest BCUT2D eigenvalue weighted by atomic mass is 19.1. The molecule has 1 fully saturated rings. The molecule has 0 aromatic heterocycles. The van der Waals surface area contributed by atoms with Crippen molar-refractivity contribution in [2.24, 2.45) is 0 Å². The van der Waals surface area contributed by atoms with E-state index in [1.807, 2.05) is 0 Å². The third-order valence-electron chi connectivity index (χ3n) is 5.34. The summed E-state index contributed by atoms with van der Waals surface area (Å²) in [5, 5.41) is 2.76. The minimum absolute atomic E-state index is 0.311. The van der Waals surface area contributed by atoms with Gasteiger partial charge in [-0.3, -0.25) is 14.5 Å². The Balaban J connectivity index is 1.84. The normalized spacial score (nSPS) is 18.3. The lowest BCUT2D eigenvalue weighted by atomic mass is 9.87. The molecule has 1 atom stereocenters. The van der Waals surface area contributed by atoms with E-state index in [4.69, 9.17) is 4.74 Å². The molecule has 158 valence electrons. The van der Waals surface area contributed by atoms with Gasteiger partial charge >= 0.3 is 6.03 Å². The fraction of sp³-hybridized carbons (Fsp3) is 0.318. The van der Waals surface area contributed by atoms with Gasteiger partial charge in [-0.05, 0) is 55.3 Å². The molecule has 30 heavy (non-hydrogen) atoms. The number of urea groups is 1. The van der Waals surface area contributed by atoms with Gasteiger partial charge in [0.1, 0.15) is 23.7 Å². The van der Waals surface area contributed by atoms with Crippen molar-refractivity contribution in [3.8, 4) is 5.75 Å². The van der Waals surface area contributed by atoms with E-state index in [9.17, 15) is 18.8 Å². The number of benzene rings is 2. The van der Waals surface area contributed by atoms with Crippen LogP contribution in [-0.4, -0.2) is 42.9 Å². The van der Waals surface area contributed by atoms with Gasteiger partial charge in [0.25, 0.3) is 5.91 Å². The largest absolute Gasteiger partial charge is 0.497 e.